The highest BCUT2D eigenvalue weighted by Crippen LogP contribution is 2.29. The van der Waals surface area contributed by atoms with Crippen LogP contribution in [0.4, 0.5) is 4.39 Å². The number of hydrogen-bond acceptors (Lipinski definition) is 5. The van der Waals surface area contributed by atoms with Gasteiger partial charge >= 0.3 is 5.97 Å². The number of aliphatic imine (C=N–C) groups is 1. The van der Waals surface area contributed by atoms with Gasteiger partial charge in [0.15, 0.2) is 5.70 Å². The maximum absolute atomic E-state index is 14.0. The number of rotatable bonds is 6. The molecule has 0 bridgehead atoms. The fourth-order valence-corrected chi connectivity index (χ4v) is 3.05. The van der Waals surface area contributed by atoms with E-state index in [-0.39, 0.29) is 17.2 Å². The Bertz CT molecular complexity index is 1180. The molecule has 3 aromatic carbocycles. The third-order valence-corrected chi connectivity index (χ3v) is 4.75. The zero-order valence-corrected chi connectivity index (χ0v) is 17.1. The van der Waals surface area contributed by atoms with Gasteiger partial charge < -0.3 is 14.2 Å². The van der Waals surface area contributed by atoms with Crippen molar-refractivity contribution >= 4 is 17.9 Å². The van der Waals surface area contributed by atoms with Crippen molar-refractivity contribution in [3.63, 3.8) is 0 Å². The van der Waals surface area contributed by atoms with E-state index in [1.54, 1.807) is 43.5 Å². The molecule has 0 radical (unpaired) electrons. The van der Waals surface area contributed by atoms with Crippen LogP contribution in [0.15, 0.2) is 77.4 Å². The molecule has 0 aromatic heterocycles. The topological polar surface area (TPSA) is 57.1 Å². The molecule has 0 spiro atoms. The average molecular weight is 417 g/mol. The van der Waals surface area contributed by atoms with Crippen LogP contribution in [0.3, 0.4) is 0 Å². The van der Waals surface area contributed by atoms with Crippen LogP contribution >= 0.6 is 0 Å². The number of benzene rings is 3. The number of cyclic esters (lactones) is 1. The number of esters is 1. The van der Waals surface area contributed by atoms with E-state index in [0.717, 1.165) is 5.56 Å². The largest absolute Gasteiger partial charge is 0.497 e. The Morgan fingerprint density at radius 1 is 1.06 bits per heavy atom. The van der Waals surface area contributed by atoms with Gasteiger partial charge in [-0.1, -0.05) is 42.0 Å². The number of carbonyl (C=O) groups is 1. The summed E-state index contributed by atoms with van der Waals surface area (Å²) in [5.74, 6) is -0.0980. The molecule has 0 amide bonds. The Hall–Kier alpha value is -3.93. The number of ether oxygens (including phenoxy) is 3. The highest BCUT2D eigenvalue weighted by molar-refractivity contribution is 6.13. The Morgan fingerprint density at radius 2 is 1.84 bits per heavy atom. The van der Waals surface area contributed by atoms with E-state index < -0.39 is 11.8 Å². The number of methoxy groups -OCH3 is 1. The van der Waals surface area contributed by atoms with Crippen LogP contribution < -0.4 is 9.47 Å². The Kier molecular flexibility index (Phi) is 5.80. The lowest BCUT2D eigenvalue weighted by atomic mass is 10.1. The SMILES string of the molecule is COc1ccc(OCc2ccc(C)cc2)c(C=C2N=C(c3ccccc3F)OC2=O)c1. The minimum Gasteiger partial charge on any atom is -0.497 e. The first-order valence-electron chi connectivity index (χ1n) is 9.67. The summed E-state index contributed by atoms with van der Waals surface area (Å²) in [6.45, 7) is 2.38. The van der Waals surface area contributed by atoms with Crippen LogP contribution in [0.2, 0.25) is 0 Å². The average Bonchev–Trinajstić information content (AvgIpc) is 3.14. The first-order valence-corrected chi connectivity index (χ1v) is 9.67. The number of carbonyl (C=O) groups excluding carboxylic acids is 1. The summed E-state index contributed by atoms with van der Waals surface area (Å²) >= 11 is 0. The fraction of sp³-hybridized carbons (Fsp3) is 0.120. The van der Waals surface area contributed by atoms with E-state index in [4.69, 9.17) is 14.2 Å². The van der Waals surface area contributed by atoms with Crippen LogP contribution in [0.1, 0.15) is 22.3 Å². The zero-order chi connectivity index (χ0) is 21.8. The quantitative estimate of drug-likeness (QED) is 0.415. The molecule has 1 aliphatic heterocycles. The van der Waals surface area contributed by atoms with Gasteiger partial charge in [0.25, 0.3) is 0 Å². The van der Waals surface area contributed by atoms with Gasteiger partial charge in [-0.2, -0.15) is 0 Å². The van der Waals surface area contributed by atoms with Gasteiger partial charge in [-0.05, 0) is 48.9 Å². The molecule has 0 N–H and O–H groups in total. The Balaban J connectivity index is 1.64. The summed E-state index contributed by atoms with van der Waals surface area (Å²) in [7, 11) is 1.55. The minimum atomic E-state index is -0.662. The highest BCUT2D eigenvalue weighted by Gasteiger charge is 2.26. The third-order valence-electron chi connectivity index (χ3n) is 4.75. The lowest BCUT2D eigenvalue weighted by Gasteiger charge is -2.11. The maximum atomic E-state index is 14.0. The minimum absolute atomic E-state index is 0.0479. The number of nitrogens with zero attached hydrogens (tertiary/aromatic N) is 1. The zero-order valence-electron chi connectivity index (χ0n) is 17.1. The summed E-state index contributed by atoms with van der Waals surface area (Å²) in [5.41, 5.74) is 2.95. The monoisotopic (exact) mass is 417 g/mol. The highest BCUT2D eigenvalue weighted by atomic mass is 19.1. The van der Waals surface area contributed by atoms with Crippen molar-refractivity contribution in [3.8, 4) is 11.5 Å². The standard InChI is InChI=1S/C25H20FNO4/c1-16-7-9-17(10-8-16)15-30-23-12-11-19(29-2)13-18(23)14-22-25(28)31-24(27-22)20-5-3-4-6-21(20)26/h3-14H,15H2,1-2H3. The molecule has 0 unspecified atom stereocenters. The molecule has 156 valence electrons. The van der Waals surface area contributed by atoms with Gasteiger partial charge in [-0.15, -0.1) is 0 Å². The second-order valence-corrected chi connectivity index (χ2v) is 6.99. The summed E-state index contributed by atoms with van der Waals surface area (Å²) in [5, 5.41) is 0. The molecule has 1 aliphatic rings. The van der Waals surface area contributed by atoms with E-state index in [1.165, 1.54) is 17.7 Å². The molecule has 4 rings (SSSR count). The van der Waals surface area contributed by atoms with Crippen LogP contribution in [0.25, 0.3) is 6.08 Å². The van der Waals surface area contributed by atoms with E-state index in [0.29, 0.717) is 23.7 Å². The van der Waals surface area contributed by atoms with Crippen LogP contribution in [0, 0.1) is 12.7 Å². The van der Waals surface area contributed by atoms with Crippen molar-refractivity contribution in [1.29, 1.82) is 0 Å². The van der Waals surface area contributed by atoms with Crippen molar-refractivity contribution in [1.82, 2.24) is 0 Å². The second-order valence-electron chi connectivity index (χ2n) is 6.99. The fourth-order valence-electron chi connectivity index (χ4n) is 3.05. The van der Waals surface area contributed by atoms with Gasteiger partial charge in [0.2, 0.25) is 5.90 Å². The van der Waals surface area contributed by atoms with E-state index >= 15 is 0 Å². The van der Waals surface area contributed by atoms with E-state index in [2.05, 4.69) is 4.99 Å². The molecule has 0 saturated carbocycles. The predicted octanol–water partition coefficient (Wildman–Crippen LogP) is 5.07. The van der Waals surface area contributed by atoms with Gasteiger partial charge in [-0.3, -0.25) is 0 Å². The van der Waals surface area contributed by atoms with Gasteiger partial charge in [0.05, 0.1) is 12.7 Å². The van der Waals surface area contributed by atoms with Crippen LogP contribution in [0.5, 0.6) is 11.5 Å². The van der Waals surface area contributed by atoms with Crippen molar-refractivity contribution in [3.05, 3.63) is 100 Å². The molecule has 1 heterocycles. The molecule has 31 heavy (non-hydrogen) atoms. The Morgan fingerprint density at radius 3 is 2.58 bits per heavy atom. The van der Waals surface area contributed by atoms with Gasteiger partial charge in [0.1, 0.15) is 23.9 Å². The van der Waals surface area contributed by atoms with E-state index in [1.807, 2.05) is 31.2 Å². The summed E-state index contributed by atoms with van der Waals surface area (Å²) in [6.07, 6.45) is 1.54. The first kappa shape index (κ1) is 20.3. The van der Waals surface area contributed by atoms with Crippen molar-refractivity contribution in [2.45, 2.75) is 13.5 Å². The van der Waals surface area contributed by atoms with Crippen LogP contribution in [-0.4, -0.2) is 19.0 Å². The lowest BCUT2D eigenvalue weighted by molar-refractivity contribution is -0.129. The van der Waals surface area contributed by atoms with Gasteiger partial charge in [-0.25, -0.2) is 14.2 Å². The van der Waals surface area contributed by atoms with Crippen LogP contribution in [-0.2, 0) is 16.1 Å². The molecule has 0 aliphatic carbocycles. The molecule has 3 aromatic rings. The van der Waals surface area contributed by atoms with Gasteiger partial charge in [0, 0.05) is 5.56 Å². The second kappa shape index (κ2) is 8.83. The molecule has 0 fully saturated rings. The number of hydrogen-bond donors (Lipinski definition) is 0. The normalized spacial score (nSPS) is 14.4. The lowest BCUT2D eigenvalue weighted by Crippen LogP contribution is -2.07. The molecule has 5 nitrogen and oxygen atoms in total. The summed E-state index contributed by atoms with van der Waals surface area (Å²) in [4.78, 5) is 16.5. The maximum Gasteiger partial charge on any atom is 0.363 e. The van der Waals surface area contributed by atoms with Crippen molar-refractivity contribution in [2.75, 3.05) is 7.11 Å². The smallest absolute Gasteiger partial charge is 0.363 e. The molecular formula is C25H20FNO4. The molecular weight excluding hydrogens is 397 g/mol. The van der Waals surface area contributed by atoms with E-state index in [9.17, 15) is 9.18 Å². The van der Waals surface area contributed by atoms with Crippen molar-refractivity contribution < 1.29 is 23.4 Å². The molecule has 0 saturated heterocycles. The summed E-state index contributed by atoms with van der Waals surface area (Å²) < 4.78 is 30.5. The number of halogens is 1. The van der Waals surface area contributed by atoms with Crippen molar-refractivity contribution in [2.24, 2.45) is 4.99 Å². The predicted molar refractivity (Wildman–Crippen MR) is 116 cm³/mol. The molecule has 0 atom stereocenters. The number of aryl methyl sites for hydroxylation is 1. The Labute approximate surface area is 179 Å². The molecule has 6 heteroatoms. The summed E-state index contributed by atoms with van der Waals surface area (Å²) in [6, 6.07) is 19.3. The first-order chi connectivity index (χ1) is 15.0. The third kappa shape index (κ3) is 4.64.